The zero-order valence-electron chi connectivity index (χ0n) is 15.3. The number of amides is 2. The Kier molecular flexibility index (Phi) is 4.27. The molecule has 3 aliphatic rings. The van der Waals surface area contributed by atoms with Crippen molar-refractivity contribution in [3.05, 3.63) is 24.3 Å². The first-order valence-corrected chi connectivity index (χ1v) is 10.7. The van der Waals surface area contributed by atoms with Gasteiger partial charge >= 0.3 is 0 Å². The van der Waals surface area contributed by atoms with E-state index in [0.29, 0.717) is 25.4 Å². The number of nitrogens with zero attached hydrogens (tertiary/aromatic N) is 4. The Hall–Kier alpha value is -2.15. The molecule has 2 saturated heterocycles. The van der Waals surface area contributed by atoms with Crippen LogP contribution in [0, 0.1) is 5.92 Å². The van der Waals surface area contributed by atoms with E-state index in [1.54, 1.807) is 11.3 Å². The van der Waals surface area contributed by atoms with Crippen LogP contribution in [0.3, 0.4) is 0 Å². The molecule has 0 radical (unpaired) electrons. The van der Waals surface area contributed by atoms with E-state index >= 15 is 0 Å². The fraction of sp³-hybridized carbons (Fsp3) is 0.550. The molecule has 1 aliphatic carbocycles. The first-order chi connectivity index (χ1) is 13.2. The molecule has 0 bridgehead atoms. The zero-order valence-corrected chi connectivity index (χ0v) is 16.2. The van der Waals surface area contributed by atoms with Gasteiger partial charge in [-0.15, -0.1) is 0 Å². The van der Waals surface area contributed by atoms with Gasteiger partial charge in [-0.2, -0.15) is 0 Å². The second kappa shape index (κ2) is 6.78. The highest BCUT2D eigenvalue weighted by molar-refractivity contribution is 7.22. The molecule has 3 fully saturated rings. The molecule has 3 heterocycles. The van der Waals surface area contributed by atoms with Crippen LogP contribution in [-0.2, 0) is 9.59 Å². The summed E-state index contributed by atoms with van der Waals surface area (Å²) in [6, 6.07) is 8.62. The van der Waals surface area contributed by atoms with E-state index < -0.39 is 0 Å². The van der Waals surface area contributed by atoms with E-state index in [-0.39, 0.29) is 17.7 Å². The third-order valence-electron chi connectivity index (χ3n) is 5.93. The summed E-state index contributed by atoms with van der Waals surface area (Å²) in [4.78, 5) is 36.1. The summed E-state index contributed by atoms with van der Waals surface area (Å²) in [6.07, 6.45) is 3.44. The maximum Gasteiger partial charge on any atom is 0.227 e. The van der Waals surface area contributed by atoms with Crippen molar-refractivity contribution >= 4 is 38.5 Å². The van der Waals surface area contributed by atoms with Gasteiger partial charge < -0.3 is 14.7 Å². The van der Waals surface area contributed by atoms with Crippen LogP contribution in [0.5, 0.6) is 0 Å². The molecular weight excluding hydrogens is 360 g/mol. The zero-order chi connectivity index (χ0) is 18.4. The van der Waals surface area contributed by atoms with E-state index in [4.69, 9.17) is 4.98 Å². The maximum absolute atomic E-state index is 13.0. The van der Waals surface area contributed by atoms with Crippen LogP contribution in [0.2, 0.25) is 0 Å². The van der Waals surface area contributed by atoms with E-state index in [1.165, 1.54) is 4.70 Å². The third kappa shape index (κ3) is 3.29. The summed E-state index contributed by atoms with van der Waals surface area (Å²) >= 11 is 1.72. The van der Waals surface area contributed by atoms with Crippen LogP contribution in [0.4, 0.5) is 5.13 Å². The molecule has 27 heavy (non-hydrogen) atoms. The van der Waals surface area contributed by atoms with Gasteiger partial charge in [0.2, 0.25) is 11.8 Å². The van der Waals surface area contributed by atoms with Gasteiger partial charge in [-0.3, -0.25) is 9.59 Å². The van der Waals surface area contributed by atoms with Crippen molar-refractivity contribution in [2.75, 3.05) is 37.6 Å². The molecule has 0 spiro atoms. The Labute approximate surface area is 162 Å². The minimum atomic E-state index is -0.0164. The summed E-state index contributed by atoms with van der Waals surface area (Å²) in [7, 11) is 0. The van der Waals surface area contributed by atoms with Gasteiger partial charge in [0.15, 0.2) is 5.13 Å². The fourth-order valence-electron chi connectivity index (χ4n) is 4.18. The Morgan fingerprint density at radius 3 is 2.59 bits per heavy atom. The van der Waals surface area contributed by atoms with Gasteiger partial charge in [0.25, 0.3) is 0 Å². The van der Waals surface area contributed by atoms with E-state index in [2.05, 4.69) is 11.0 Å². The monoisotopic (exact) mass is 384 g/mol. The van der Waals surface area contributed by atoms with Crippen molar-refractivity contribution in [1.29, 1.82) is 0 Å². The smallest absolute Gasteiger partial charge is 0.227 e. The highest BCUT2D eigenvalue weighted by Gasteiger charge is 2.40. The number of thiazole rings is 1. The SMILES string of the molecule is O=C([C@H]1CCC(=O)N(C2CC2)C1)N1CCN(c2nc3ccccc3s2)CC1. The summed E-state index contributed by atoms with van der Waals surface area (Å²) in [5, 5.41) is 1.05. The first-order valence-electron chi connectivity index (χ1n) is 9.88. The number of aromatic nitrogens is 1. The molecule has 7 heteroatoms. The third-order valence-corrected chi connectivity index (χ3v) is 7.02. The number of piperidine rings is 1. The maximum atomic E-state index is 13.0. The minimum absolute atomic E-state index is 0.0164. The van der Waals surface area contributed by atoms with E-state index in [0.717, 1.165) is 49.7 Å². The lowest BCUT2D eigenvalue weighted by Crippen LogP contribution is -2.53. The number of benzene rings is 1. The van der Waals surface area contributed by atoms with Gasteiger partial charge in [-0.1, -0.05) is 23.5 Å². The molecule has 6 nitrogen and oxygen atoms in total. The number of para-hydroxylation sites is 1. The molecule has 1 aromatic carbocycles. The summed E-state index contributed by atoms with van der Waals surface area (Å²) in [5.41, 5.74) is 1.04. The van der Waals surface area contributed by atoms with Crippen molar-refractivity contribution in [1.82, 2.24) is 14.8 Å². The van der Waals surface area contributed by atoms with E-state index in [9.17, 15) is 9.59 Å². The highest BCUT2D eigenvalue weighted by Crippen LogP contribution is 2.33. The Morgan fingerprint density at radius 2 is 1.85 bits per heavy atom. The van der Waals surface area contributed by atoms with Crippen molar-refractivity contribution in [2.45, 2.75) is 31.7 Å². The summed E-state index contributed by atoms with van der Waals surface area (Å²) in [6.45, 7) is 3.75. The van der Waals surface area contributed by atoms with Gasteiger partial charge in [0, 0.05) is 45.2 Å². The van der Waals surface area contributed by atoms with Gasteiger partial charge in [0.1, 0.15) is 0 Å². The quantitative estimate of drug-likeness (QED) is 0.815. The van der Waals surface area contributed by atoms with Crippen LogP contribution in [-0.4, -0.2) is 65.4 Å². The second-order valence-corrected chi connectivity index (χ2v) is 8.80. The van der Waals surface area contributed by atoms with Gasteiger partial charge in [-0.25, -0.2) is 4.98 Å². The largest absolute Gasteiger partial charge is 0.345 e. The second-order valence-electron chi connectivity index (χ2n) is 7.79. The highest BCUT2D eigenvalue weighted by atomic mass is 32.1. The molecule has 0 N–H and O–H groups in total. The number of hydrogen-bond donors (Lipinski definition) is 0. The molecule has 1 saturated carbocycles. The summed E-state index contributed by atoms with van der Waals surface area (Å²) in [5.74, 6) is 0.455. The molecule has 1 atom stereocenters. The average molecular weight is 385 g/mol. The lowest BCUT2D eigenvalue weighted by molar-refractivity contribution is -0.143. The van der Waals surface area contributed by atoms with Crippen LogP contribution in [0.25, 0.3) is 10.2 Å². The lowest BCUT2D eigenvalue weighted by atomic mass is 9.95. The topological polar surface area (TPSA) is 56.8 Å². The minimum Gasteiger partial charge on any atom is -0.345 e. The van der Waals surface area contributed by atoms with Crippen LogP contribution < -0.4 is 4.90 Å². The standard InChI is InChI=1S/C20H24N4O2S/c25-18-8-5-14(13-24(18)15-6-7-15)19(26)22-9-11-23(12-10-22)20-21-16-3-1-2-4-17(16)27-20/h1-4,14-15H,5-13H2/t14-/m0/s1. The molecule has 0 unspecified atom stereocenters. The first kappa shape index (κ1) is 17.0. The van der Waals surface area contributed by atoms with Crippen LogP contribution in [0.15, 0.2) is 24.3 Å². The molecule has 2 aromatic rings. The van der Waals surface area contributed by atoms with Gasteiger partial charge in [0.05, 0.1) is 16.1 Å². The Morgan fingerprint density at radius 1 is 1.07 bits per heavy atom. The molecule has 2 amide bonds. The van der Waals surface area contributed by atoms with E-state index in [1.807, 2.05) is 28.0 Å². The number of carbonyl (C=O) groups excluding carboxylic acids is 2. The Bertz CT molecular complexity index is 837. The normalized spacial score (nSPS) is 23.9. The van der Waals surface area contributed by atoms with Gasteiger partial charge in [-0.05, 0) is 31.4 Å². The van der Waals surface area contributed by atoms with Crippen molar-refractivity contribution in [2.24, 2.45) is 5.92 Å². The number of carbonyl (C=O) groups is 2. The Balaban J connectivity index is 1.21. The number of fused-ring (bicyclic) bond motifs is 1. The molecule has 5 rings (SSSR count). The van der Waals surface area contributed by atoms with Crippen LogP contribution >= 0.6 is 11.3 Å². The van der Waals surface area contributed by atoms with Crippen molar-refractivity contribution < 1.29 is 9.59 Å². The lowest BCUT2D eigenvalue weighted by Gasteiger charge is -2.39. The van der Waals surface area contributed by atoms with Crippen molar-refractivity contribution in [3.8, 4) is 0 Å². The summed E-state index contributed by atoms with van der Waals surface area (Å²) < 4.78 is 1.21. The number of hydrogen-bond acceptors (Lipinski definition) is 5. The number of likely N-dealkylation sites (tertiary alicyclic amines) is 1. The van der Waals surface area contributed by atoms with Crippen molar-refractivity contribution in [3.63, 3.8) is 0 Å². The van der Waals surface area contributed by atoms with Crippen LogP contribution in [0.1, 0.15) is 25.7 Å². The molecular formula is C20H24N4O2S. The molecule has 2 aliphatic heterocycles. The average Bonchev–Trinajstić information content (AvgIpc) is 3.45. The molecule has 1 aromatic heterocycles. The predicted octanol–water partition coefficient (Wildman–Crippen LogP) is 2.35. The number of rotatable bonds is 3. The fourth-order valence-corrected chi connectivity index (χ4v) is 5.20. The number of piperazine rings is 1. The predicted molar refractivity (Wildman–Crippen MR) is 106 cm³/mol. The molecule has 142 valence electrons. The number of anilines is 1.